The van der Waals surface area contributed by atoms with Gasteiger partial charge in [-0.15, -0.1) is 0 Å². The molecule has 1 N–H and O–H groups in total. The van der Waals surface area contributed by atoms with Crippen molar-refractivity contribution in [2.24, 2.45) is 0 Å². The molecule has 96 valence electrons. The molecule has 0 saturated carbocycles. The highest BCUT2D eigenvalue weighted by Gasteiger charge is 2.20. The van der Waals surface area contributed by atoms with Crippen LogP contribution < -0.4 is 4.74 Å². The second-order valence-corrected chi connectivity index (χ2v) is 4.47. The third-order valence-electron chi connectivity index (χ3n) is 2.14. The van der Waals surface area contributed by atoms with Gasteiger partial charge >= 0.3 is 5.97 Å². The van der Waals surface area contributed by atoms with E-state index >= 15 is 0 Å². The highest BCUT2D eigenvalue weighted by molar-refractivity contribution is 9.09. The molecule has 6 heteroatoms. The molecule has 0 saturated heterocycles. The van der Waals surface area contributed by atoms with Crippen LogP contribution in [0.5, 0.6) is 11.5 Å². The largest absolute Gasteiger partial charge is 0.505 e. The minimum absolute atomic E-state index is 0.00580. The van der Waals surface area contributed by atoms with Gasteiger partial charge in [-0.05, 0) is 18.6 Å². The average molecular weight is 334 g/mol. The molecular formula is C12H10BrClO4. The summed E-state index contributed by atoms with van der Waals surface area (Å²) in [6.45, 7) is 5.38. The number of allylic oxidation sites excluding steroid dienone is 1. The number of carbonyl (C=O) groups is 2. The van der Waals surface area contributed by atoms with Crippen molar-refractivity contribution in [3.8, 4) is 11.5 Å². The van der Waals surface area contributed by atoms with Crippen LogP contribution in [-0.4, -0.2) is 22.7 Å². The third-order valence-corrected chi connectivity index (χ3v) is 2.89. The fraction of sp³-hybridized carbons (Fsp3) is 0.167. The number of hydrogen-bond donors (Lipinski definition) is 1. The number of carbonyl (C=O) groups excluding carboxylic acids is 2. The quantitative estimate of drug-likeness (QED) is 0.398. The number of benzene rings is 1. The van der Waals surface area contributed by atoms with Crippen LogP contribution in [0.1, 0.15) is 22.8 Å². The highest BCUT2D eigenvalue weighted by Crippen LogP contribution is 2.39. The first-order valence-corrected chi connectivity index (χ1v) is 6.35. The number of aromatic hydroxyl groups is 1. The van der Waals surface area contributed by atoms with Gasteiger partial charge in [0, 0.05) is 5.56 Å². The van der Waals surface area contributed by atoms with Crippen LogP contribution in [0.15, 0.2) is 12.6 Å². The van der Waals surface area contributed by atoms with Gasteiger partial charge in [-0.1, -0.05) is 34.1 Å². The molecule has 1 aromatic rings. The van der Waals surface area contributed by atoms with Crippen molar-refractivity contribution >= 4 is 45.4 Å². The fourth-order valence-corrected chi connectivity index (χ4v) is 1.64. The summed E-state index contributed by atoms with van der Waals surface area (Å²) in [7, 11) is 0. The second-order valence-electron chi connectivity index (χ2n) is 3.50. The zero-order valence-corrected chi connectivity index (χ0v) is 11.8. The van der Waals surface area contributed by atoms with E-state index in [0.29, 0.717) is 17.4 Å². The Labute approximate surface area is 117 Å². The number of alkyl halides is 1. The van der Waals surface area contributed by atoms with Gasteiger partial charge in [0.1, 0.15) is 16.6 Å². The molecule has 1 aromatic carbocycles. The molecule has 0 amide bonds. The lowest BCUT2D eigenvalue weighted by Crippen LogP contribution is -2.11. The maximum atomic E-state index is 11.3. The molecule has 0 unspecified atom stereocenters. The molecule has 0 fully saturated rings. The van der Waals surface area contributed by atoms with Crippen molar-refractivity contribution in [3.05, 3.63) is 28.8 Å². The molecule has 0 bridgehead atoms. The minimum Gasteiger partial charge on any atom is -0.505 e. The molecule has 0 radical (unpaired) electrons. The van der Waals surface area contributed by atoms with E-state index in [2.05, 4.69) is 22.5 Å². The molecule has 1 rings (SSSR count). The molecule has 4 nitrogen and oxygen atoms in total. The summed E-state index contributed by atoms with van der Waals surface area (Å²) in [5.41, 5.74) is 0.779. The summed E-state index contributed by atoms with van der Waals surface area (Å²) < 4.78 is 5.02. The van der Waals surface area contributed by atoms with Crippen molar-refractivity contribution in [1.82, 2.24) is 0 Å². The number of esters is 1. The summed E-state index contributed by atoms with van der Waals surface area (Å²) in [6.07, 6.45) is 0.379. The molecule has 18 heavy (non-hydrogen) atoms. The van der Waals surface area contributed by atoms with Crippen LogP contribution in [0.2, 0.25) is 5.02 Å². The van der Waals surface area contributed by atoms with E-state index < -0.39 is 11.7 Å². The summed E-state index contributed by atoms with van der Waals surface area (Å²) in [5, 5.41) is 9.63. The fourth-order valence-electron chi connectivity index (χ4n) is 1.32. The molecular weight excluding hydrogens is 323 g/mol. The Kier molecular flexibility index (Phi) is 4.93. The number of phenolic OH excluding ortho intramolecular Hbond substituents is 1. The van der Waals surface area contributed by atoms with Gasteiger partial charge in [0.15, 0.2) is 12.0 Å². The number of hydrogen-bond acceptors (Lipinski definition) is 4. The first-order valence-electron chi connectivity index (χ1n) is 4.85. The smallest absolute Gasteiger partial charge is 0.321 e. The van der Waals surface area contributed by atoms with Crippen molar-refractivity contribution in [3.63, 3.8) is 0 Å². The van der Waals surface area contributed by atoms with Gasteiger partial charge in [0.2, 0.25) is 0 Å². The van der Waals surface area contributed by atoms with Gasteiger partial charge in [0.25, 0.3) is 0 Å². The number of halogens is 2. The number of rotatable bonds is 4. The van der Waals surface area contributed by atoms with Crippen LogP contribution in [0.25, 0.3) is 5.57 Å². The van der Waals surface area contributed by atoms with Gasteiger partial charge in [-0.2, -0.15) is 0 Å². The lowest BCUT2D eigenvalue weighted by atomic mass is 10.0. The number of aldehydes is 1. The zero-order valence-electron chi connectivity index (χ0n) is 9.50. The monoisotopic (exact) mass is 332 g/mol. The Hall–Kier alpha value is -1.33. The Morgan fingerprint density at radius 3 is 2.72 bits per heavy atom. The lowest BCUT2D eigenvalue weighted by molar-refractivity contribution is -0.131. The van der Waals surface area contributed by atoms with Gasteiger partial charge in [-0.3, -0.25) is 9.59 Å². The van der Waals surface area contributed by atoms with Crippen molar-refractivity contribution in [2.75, 3.05) is 5.33 Å². The average Bonchev–Trinajstić information content (AvgIpc) is 2.33. The first kappa shape index (κ1) is 14.7. The lowest BCUT2D eigenvalue weighted by Gasteiger charge is -2.13. The van der Waals surface area contributed by atoms with E-state index in [4.69, 9.17) is 16.3 Å². The zero-order chi connectivity index (χ0) is 13.9. The Morgan fingerprint density at radius 2 is 2.28 bits per heavy atom. The molecule has 0 aliphatic carbocycles. The summed E-state index contributed by atoms with van der Waals surface area (Å²) >= 11 is 8.72. The van der Waals surface area contributed by atoms with Crippen LogP contribution in [0, 0.1) is 0 Å². The van der Waals surface area contributed by atoms with E-state index in [-0.39, 0.29) is 21.7 Å². The highest BCUT2D eigenvalue weighted by atomic mass is 79.9. The SMILES string of the molecule is C=C(C)c1cc(Cl)c(O)c(C=O)c1OC(=O)CBr. The number of phenols is 1. The maximum absolute atomic E-state index is 11.3. The van der Waals surface area contributed by atoms with Gasteiger partial charge in [0.05, 0.1) is 5.02 Å². The third kappa shape index (κ3) is 2.91. The normalized spacial score (nSPS) is 9.94. The van der Waals surface area contributed by atoms with E-state index in [0.717, 1.165) is 0 Å². The second kappa shape index (κ2) is 6.02. The Morgan fingerprint density at radius 1 is 1.67 bits per heavy atom. The van der Waals surface area contributed by atoms with Crippen molar-refractivity contribution in [2.45, 2.75) is 6.92 Å². The van der Waals surface area contributed by atoms with Crippen LogP contribution in [-0.2, 0) is 4.79 Å². The van der Waals surface area contributed by atoms with Gasteiger partial charge < -0.3 is 9.84 Å². The van der Waals surface area contributed by atoms with E-state index in [1.54, 1.807) is 6.92 Å². The molecule has 0 aliphatic heterocycles. The standard InChI is InChI=1S/C12H10BrClO4/c1-6(2)7-3-9(14)11(17)8(5-15)12(7)18-10(16)4-13/h3,5,17H,1,4H2,2H3. The van der Waals surface area contributed by atoms with Crippen LogP contribution >= 0.6 is 27.5 Å². The Balaban J connectivity index is 3.51. The molecule has 0 aromatic heterocycles. The summed E-state index contributed by atoms with van der Waals surface area (Å²) in [6, 6.07) is 1.39. The van der Waals surface area contributed by atoms with Crippen molar-refractivity contribution in [1.29, 1.82) is 0 Å². The predicted molar refractivity (Wildman–Crippen MR) is 72.6 cm³/mol. The molecule has 0 aliphatic rings. The molecule has 0 spiro atoms. The minimum atomic E-state index is -0.595. The molecule has 0 atom stereocenters. The van der Waals surface area contributed by atoms with E-state index in [1.807, 2.05) is 0 Å². The summed E-state index contributed by atoms with van der Waals surface area (Å²) in [5.74, 6) is -1.06. The van der Waals surface area contributed by atoms with Gasteiger partial charge in [-0.25, -0.2) is 0 Å². The van der Waals surface area contributed by atoms with E-state index in [1.165, 1.54) is 6.07 Å². The topological polar surface area (TPSA) is 63.6 Å². The predicted octanol–water partition coefficient (Wildman–Crippen LogP) is 3.19. The summed E-state index contributed by atoms with van der Waals surface area (Å²) in [4.78, 5) is 22.3. The number of ether oxygens (including phenoxy) is 1. The maximum Gasteiger partial charge on any atom is 0.321 e. The van der Waals surface area contributed by atoms with Crippen LogP contribution in [0.3, 0.4) is 0 Å². The molecule has 0 heterocycles. The van der Waals surface area contributed by atoms with Crippen molar-refractivity contribution < 1.29 is 19.4 Å². The first-order chi connectivity index (χ1) is 8.42. The van der Waals surface area contributed by atoms with E-state index in [9.17, 15) is 14.7 Å². The van der Waals surface area contributed by atoms with Crippen LogP contribution in [0.4, 0.5) is 0 Å². The Bertz CT molecular complexity index is 525.